The van der Waals surface area contributed by atoms with Crippen LogP contribution in [-0.4, -0.2) is 17.5 Å². The lowest BCUT2D eigenvalue weighted by molar-refractivity contribution is -0.386. The minimum absolute atomic E-state index is 0.252. The van der Waals surface area contributed by atoms with Crippen molar-refractivity contribution in [3.8, 4) is 0 Å². The van der Waals surface area contributed by atoms with E-state index in [0.29, 0.717) is 12.1 Å². The van der Waals surface area contributed by atoms with Gasteiger partial charge in [0.25, 0.3) is 5.56 Å². The van der Waals surface area contributed by atoms with Crippen molar-refractivity contribution in [1.82, 2.24) is 4.40 Å². The van der Waals surface area contributed by atoms with Crippen molar-refractivity contribution in [2.24, 2.45) is 0 Å². The standard InChI is InChI=1S/C12H12N2O3/c1-17-12(16)9-4-10-3-2-8(6-13)7-14(10)11(15)5-9/h2-5,7H,6,13H2,1H3/p+1. The Morgan fingerprint density at radius 1 is 1.41 bits per heavy atom. The van der Waals surface area contributed by atoms with Crippen LogP contribution in [0.3, 0.4) is 0 Å². The molecular weight excluding hydrogens is 220 g/mol. The van der Waals surface area contributed by atoms with E-state index in [1.807, 2.05) is 6.07 Å². The summed E-state index contributed by atoms with van der Waals surface area (Å²) in [6.07, 6.45) is 1.73. The van der Waals surface area contributed by atoms with Crippen LogP contribution in [0.2, 0.25) is 0 Å². The quantitative estimate of drug-likeness (QED) is 0.731. The topological polar surface area (TPSA) is 75.4 Å². The molecule has 0 atom stereocenters. The van der Waals surface area contributed by atoms with E-state index in [1.54, 1.807) is 18.3 Å². The molecule has 0 unspecified atom stereocenters. The highest BCUT2D eigenvalue weighted by atomic mass is 16.5. The van der Waals surface area contributed by atoms with Crippen molar-refractivity contribution in [3.63, 3.8) is 0 Å². The third-order valence-electron chi connectivity index (χ3n) is 2.57. The predicted octanol–water partition coefficient (Wildman–Crippen LogP) is -0.172. The van der Waals surface area contributed by atoms with Gasteiger partial charge in [-0.25, -0.2) is 4.79 Å². The SMILES string of the molecule is COC(=O)c1cc(=O)n2cc(C[NH3+])ccc2c1. The molecule has 0 aliphatic carbocycles. The fourth-order valence-electron chi connectivity index (χ4n) is 1.65. The van der Waals surface area contributed by atoms with Gasteiger partial charge in [-0.05, 0) is 18.2 Å². The summed E-state index contributed by atoms with van der Waals surface area (Å²) in [6, 6.07) is 6.56. The van der Waals surface area contributed by atoms with Gasteiger partial charge < -0.3 is 10.5 Å². The molecule has 5 heteroatoms. The van der Waals surface area contributed by atoms with Gasteiger partial charge in [0.2, 0.25) is 0 Å². The molecule has 3 N–H and O–H groups in total. The second kappa shape index (κ2) is 4.39. The Kier molecular flexibility index (Phi) is 2.93. The maximum Gasteiger partial charge on any atom is 0.338 e. The largest absolute Gasteiger partial charge is 0.465 e. The van der Waals surface area contributed by atoms with Crippen LogP contribution in [0.4, 0.5) is 0 Å². The average Bonchev–Trinajstić information content (AvgIpc) is 2.37. The van der Waals surface area contributed by atoms with E-state index < -0.39 is 5.97 Å². The Hall–Kier alpha value is -2.14. The number of hydrogen-bond donors (Lipinski definition) is 1. The zero-order chi connectivity index (χ0) is 12.4. The predicted molar refractivity (Wildman–Crippen MR) is 61.6 cm³/mol. The Bertz CT molecular complexity index is 631. The molecule has 0 aliphatic rings. The average molecular weight is 233 g/mol. The van der Waals surface area contributed by atoms with Crippen molar-refractivity contribution in [2.45, 2.75) is 6.54 Å². The third-order valence-corrected chi connectivity index (χ3v) is 2.57. The van der Waals surface area contributed by atoms with Crippen LogP contribution in [0, 0.1) is 0 Å². The van der Waals surface area contributed by atoms with E-state index in [-0.39, 0.29) is 11.1 Å². The molecule has 2 aromatic rings. The smallest absolute Gasteiger partial charge is 0.338 e. The van der Waals surface area contributed by atoms with E-state index in [4.69, 9.17) is 0 Å². The van der Waals surface area contributed by atoms with Crippen LogP contribution >= 0.6 is 0 Å². The van der Waals surface area contributed by atoms with Crippen LogP contribution in [-0.2, 0) is 11.3 Å². The van der Waals surface area contributed by atoms with Gasteiger partial charge in [0.05, 0.1) is 12.7 Å². The molecule has 0 bridgehead atoms. The molecule has 0 aliphatic heterocycles. The summed E-state index contributed by atoms with van der Waals surface area (Å²) < 4.78 is 6.08. The molecule has 2 aromatic heterocycles. The molecule has 0 saturated carbocycles. The molecule has 0 spiro atoms. The van der Waals surface area contributed by atoms with Gasteiger partial charge in [0.15, 0.2) is 0 Å². The van der Waals surface area contributed by atoms with Crippen LogP contribution in [0.25, 0.3) is 5.52 Å². The van der Waals surface area contributed by atoms with Gasteiger partial charge >= 0.3 is 5.97 Å². The Balaban J connectivity index is 2.68. The summed E-state index contributed by atoms with van der Waals surface area (Å²) >= 11 is 0. The van der Waals surface area contributed by atoms with Crippen molar-refractivity contribution in [2.75, 3.05) is 7.11 Å². The lowest BCUT2D eigenvalue weighted by Crippen LogP contribution is -2.47. The van der Waals surface area contributed by atoms with Crippen LogP contribution in [0.1, 0.15) is 15.9 Å². The van der Waals surface area contributed by atoms with Gasteiger partial charge in [0, 0.05) is 23.3 Å². The fraction of sp³-hybridized carbons (Fsp3) is 0.167. The number of quaternary nitrogens is 1. The zero-order valence-electron chi connectivity index (χ0n) is 9.47. The number of aromatic nitrogens is 1. The number of pyridine rings is 2. The minimum Gasteiger partial charge on any atom is -0.465 e. The first-order valence-electron chi connectivity index (χ1n) is 5.18. The molecule has 0 amide bonds. The third kappa shape index (κ3) is 2.05. The molecular formula is C12H13N2O3+. The van der Waals surface area contributed by atoms with E-state index in [9.17, 15) is 9.59 Å². The molecule has 0 aromatic carbocycles. The number of carbonyl (C=O) groups is 1. The Morgan fingerprint density at radius 2 is 2.18 bits per heavy atom. The first-order chi connectivity index (χ1) is 8.15. The van der Waals surface area contributed by atoms with Crippen LogP contribution in [0.15, 0.2) is 35.3 Å². The molecule has 0 saturated heterocycles. The Labute approximate surface area is 97.4 Å². The number of esters is 1. The second-order valence-electron chi connectivity index (χ2n) is 3.66. The molecule has 88 valence electrons. The van der Waals surface area contributed by atoms with E-state index in [2.05, 4.69) is 10.5 Å². The molecule has 2 rings (SSSR count). The highest BCUT2D eigenvalue weighted by molar-refractivity contribution is 5.90. The first-order valence-corrected chi connectivity index (χ1v) is 5.18. The van der Waals surface area contributed by atoms with Crippen LogP contribution in [0.5, 0.6) is 0 Å². The highest BCUT2D eigenvalue weighted by Gasteiger charge is 2.08. The number of ether oxygens (including phenoxy) is 1. The maximum absolute atomic E-state index is 11.8. The van der Waals surface area contributed by atoms with Crippen molar-refractivity contribution in [1.29, 1.82) is 0 Å². The van der Waals surface area contributed by atoms with Crippen molar-refractivity contribution >= 4 is 11.5 Å². The molecule has 5 nitrogen and oxygen atoms in total. The lowest BCUT2D eigenvalue weighted by atomic mass is 10.2. The summed E-state index contributed by atoms with van der Waals surface area (Å²) in [7, 11) is 1.29. The van der Waals surface area contributed by atoms with Crippen molar-refractivity contribution < 1.29 is 15.3 Å². The minimum atomic E-state index is -0.508. The van der Waals surface area contributed by atoms with Crippen LogP contribution < -0.4 is 11.3 Å². The van der Waals surface area contributed by atoms with Gasteiger partial charge in [-0.15, -0.1) is 0 Å². The zero-order valence-corrected chi connectivity index (χ0v) is 9.47. The van der Waals surface area contributed by atoms with Crippen molar-refractivity contribution in [3.05, 3.63) is 51.9 Å². The Morgan fingerprint density at radius 3 is 2.82 bits per heavy atom. The monoisotopic (exact) mass is 233 g/mol. The molecule has 2 heterocycles. The summed E-state index contributed by atoms with van der Waals surface area (Å²) in [4.78, 5) is 23.2. The number of hydrogen-bond acceptors (Lipinski definition) is 3. The van der Waals surface area contributed by atoms with E-state index in [0.717, 1.165) is 5.56 Å². The summed E-state index contributed by atoms with van der Waals surface area (Å²) in [5.41, 5.74) is 5.40. The summed E-state index contributed by atoms with van der Waals surface area (Å²) in [5.74, 6) is -0.508. The second-order valence-corrected chi connectivity index (χ2v) is 3.66. The molecule has 0 fully saturated rings. The molecule has 0 radical (unpaired) electrons. The number of carbonyl (C=O) groups excluding carboxylic acids is 1. The fourth-order valence-corrected chi connectivity index (χ4v) is 1.65. The van der Waals surface area contributed by atoms with Gasteiger partial charge in [0.1, 0.15) is 6.54 Å². The summed E-state index contributed by atoms with van der Waals surface area (Å²) in [5, 5.41) is 0. The normalized spacial score (nSPS) is 10.5. The first kappa shape index (κ1) is 11.3. The number of rotatable bonds is 2. The molecule has 17 heavy (non-hydrogen) atoms. The van der Waals surface area contributed by atoms with E-state index in [1.165, 1.54) is 17.6 Å². The van der Waals surface area contributed by atoms with Gasteiger partial charge in [-0.1, -0.05) is 0 Å². The number of methoxy groups -OCH3 is 1. The number of nitrogens with zero attached hydrogens (tertiary/aromatic N) is 1. The van der Waals surface area contributed by atoms with Gasteiger partial charge in [-0.2, -0.15) is 0 Å². The van der Waals surface area contributed by atoms with Gasteiger partial charge in [-0.3, -0.25) is 9.20 Å². The maximum atomic E-state index is 11.8. The highest BCUT2D eigenvalue weighted by Crippen LogP contribution is 2.07. The number of fused-ring (bicyclic) bond motifs is 1. The lowest BCUT2D eigenvalue weighted by Gasteiger charge is -2.04. The summed E-state index contributed by atoms with van der Waals surface area (Å²) in [6.45, 7) is 0.612. The van der Waals surface area contributed by atoms with E-state index >= 15 is 0 Å².